The molecule has 0 spiro atoms. The van der Waals surface area contributed by atoms with Crippen LogP contribution in [0.3, 0.4) is 0 Å². The first-order chi connectivity index (χ1) is 10.5. The third-order valence-corrected chi connectivity index (χ3v) is 3.43. The number of benzene rings is 2. The Labute approximate surface area is 140 Å². The molecule has 2 amide bonds. The van der Waals surface area contributed by atoms with E-state index in [-0.39, 0.29) is 0 Å². The summed E-state index contributed by atoms with van der Waals surface area (Å²) in [5.74, 6) is -1.20. The Morgan fingerprint density at radius 3 is 2.50 bits per heavy atom. The van der Waals surface area contributed by atoms with Crippen molar-refractivity contribution in [3.05, 3.63) is 52.0 Å². The third kappa shape index (κ3) is 4.22. The number of anilines is 2. The molecule has 7 heteroatoms. The van der Waals surface area contributed by atoms with Crippen molar-refractivity contribution in [1.29, 1.82) is 0 Å². The van der Waals surface area contributed by atoms with Crippen LogP contribution in [0.4, 0.5) is 11.4 Å². The number of nitrogens with one attached hydrogen (secondary N) is 2. The number of hydrogen-bond donors (Lipinski definition) is 2. The third-order valence-electron chi connectivity index (χ3n) is 2.70. The highest BCUT2D eigenvalue weighted by Gasteiger charge is 2.16. The van der Waals surface area contributed by atoms with Crippen molar-refractivity contribution in [2.24, 2.45) is 0 Å². The zero-order valence-corrected chi connectivity index (χ0v) is 13.9. The van der Waals surface area contributed by atoms with E-state index >= 15 is 0 Å². The van der Waals surface area contributed by atoms with Crippen LogP contribution in [0, 0.1) is 0 Å². The molecule has 0 aliphatic rings. The molecule has 2 aromatic carbocycles. The van der Waals surface area contributed by atoms with Gasteiger partial charge in [-0.25, -0.2) is 0 Å². The predicted octanol–water partition coefficient (Wildman–Crippen LogP) is 3.69. The number of carbonyl (C=O) groups excluding carboxylic acids is 2. The maximum Gasteiger partial charge on any atom is 0.314 e. The van der Waals surface area contributed by atoms with Crippen molar-refractivity contribution in [2.45, 2.75) is 0 Å². The largest absolute Gasteiger partial charge is 0.495 e. The summed E-state index contributed by atoms with van der Waals surface area (Å²) in [5.41, 5.74) is 0.831. The maximum absolute atomic E-state index is 11.9. The van der Waals surface area contributed by atoms with Crippen LogP contribution in [0.2, 0.25) is 5.02 Å². The van der Waals surface area contributed by atoms with Crippen LogP contribution in [-0.2, 0) is 9.59 Å². The lowest BCUT2D eigenvalue weighted by molar-refractivity contribution is -0.133. The molecule has 5 nitrogen and oxygen atoms in total. The second-order valence-electron chi connectivity index (χ2n) is 4.26. The molecule has 0 saturated heterocycles. The van der Waals surface area contributed by atoms with Gasteiger partial charge in [-0.15, -0.1) is 0 Å². The van der Waals surface area contributed by atoms with Crippen molar-refractivity contribution in [2.75, 3.05) is 17.7 Å². The van der Waals surface area contributed by atoms with Crippen molar-refractivity contribution in [3.8, 4) is 5.75 Å². The normalized spacial score (nSPS) is 9.95. The number of halogens is 2. The van der Waals surface area contributed by atoms with E-state index in [0.717, 1.165) is 4.47 Å². The van der Waals surface area contributed by atoms with Gasteiger partial charge in [-0.05, 0) is 36.4 Å². The van der Waals surface area contributed by atoms with E-state index in [1.54, 1.807) is 30.3 Å². The van der Waals surface area contributed by atoms with E-state index in [9.17, 15) is 9.59 Å². The smallest absolute Gasteiger partial charge is 0.314 e. The number of hydrogen-bond acceptors (Lipinski definition) is 3. The molecule has 2 aromatic rings. The molecule has 0 fully saturated rings. The Kier molecular flexibility index (Phi) is 5.41. The minimum Gasteiger partial charge on any atom is -0.495 e. The van der Waals surface area contributed by atoms with E-state index < -0.39 is 11.8 Å². The number of ether oxygens (including phenoxy) is 1. The Morgan fingerprint density at radius 1 is 1.09 bits per heavy atom. The van der Waals surface area contributed by atoms with Gasteiger partial charge in [0.1, 0.15) is 5.75 Å². The van der Waals surface area contributed by atoms with Crippen LogP contribution in [0.1, 0.15) is 0 Å². The number of rotatable bonds is 3. The monoisotopic (exact) mass is 382 g/mol. The molecule has 0 aliphatic heterocycles. The highest BCUT2D eigenvalue weighted by molar-refractivity contribution is 9.10. The van der Waals surface area contributed by atoms with Crippen molar-refractivity contribution >= 4 is 50.7 Å². The van der Waals surface area contributed by atoms with Crippen LogP contribution < -0.4 is 15.4 Å². The number of amides is 2. The second kappa shape index (κ2) is 7.29. The standard InChI is InChI=1S/C15H12BrClN2O3/c1-22-13-6-5-10(17)8-12(13)19-15(21)14(20)18-11-4-2-3-9(16)7-11/h2-8H,1H3,(H,18,20)(H,19,21). The van der Waals surface area contributed by atoms with Gasteiger partial charge in [0.05, 0.1) is 12.8 Å². The molecule has 0 bridgehead atoms. The van der Waals surface area contributed by atoms with Crippen LogP contribution in [0.15, 0.2) is 46.9 Å². The first-order valence-corrected chi connectivity index (χ1v) is 7.38. The lowest BCUT2D eigenvalue weighted by Gasteiger charge is -2.10. The van der Waals surface area contributed by atoms with Gasteiger partial charge < -0.3 is 15.4 Å². The summed E-state index contributed by atoms with van der Waals surface area (Å²) < 4.78 is 5.90. The molecular weight excluding hydrogens is 372 g/mol. The van der Waals surface area contributed by atoms with E-state index in [1.807, 2.05) is 6.07 Å². The van der Waals surface area contributed by atoms with E-state index in [2.05, 4.69) is 26.6 Å². The zero-order chi connectivity index (χ0) is 16.1. The summed E-state index contributed by atoms with van der Waals surface area (Å²) in [4.78, 5) is 23.8. The highest BCUT2D eigenvalue weighted by atomic mass is 79.9. The summed E-state index contributed by atoms with van der Waals surface area (Å²) in [6.45, 7) is 0. The topological polar surface area (TPSA) is 67.4 Å². The van der Waals surface area contributed by atoms with Gasteiger partial charge in [0.25, 0.3) is 0 Å². The fourth-order valence-corrected chi connectivity index (χ4v) is 2.28. The molecule has 0 aliphatic carbocycles. The molecule has 0 heterocycles. The maximum atomic E-state index is 11.9. The zero-order valence-electron chi connectivity index (χ0n) is 11.5. The highest BCUT2D eigenvalue weighted by Crippen LogP contribution is 2.27. The van der Waals surface area contributed by atoms with E-state index in [4.69, 9.17) is 16.3 Å². The lowest BCUT2D eigenvalue weighted by atomic mass is 10.3. The predicted molar refractivity (Wildman–Crippen MR) is 89.4 cm³/mol. The molecule has 0 atom stereocenters. The number of carbonyl (C=O) groups is 2. The van der Waals surface area contributed by atoms with Crippen LogP contribution in [0.5, 0.6) is 5.75 Å². The summed E-state index contributed by atoms with van der Waals surface area (Å²) in [6.07, 6.45) is 0. The molecule has 0 radical (unpaired) electrons. The molecule has 2 rings (SSSR count). The van der Waals surface area contributed by atoms with Gasteiger partial charge in [-0.1, -0.05) is 33.6 Å². The van der Waals surface area contributed by atoms with Crippen LogP contribution >= 0.6 is 27.5 Å². The van der Waals surface area contributed by atoms with Gasteiger partial charge in [0.2, 0.25) is 0 Å². The molecule has 0 aromatic heterocycles. The fraction of sp³-hybridized carbons (Fsp3) is 0.0667. The van der Waals surface area contributed by atoms with Crippen molar-refractivity contribution < 1.29 is 14.3 Å². The van der Waals surface area contributed by atoms with Gasteiger partial charge in [0, 0.05) is 15.2 Å². The quantitative estimate of drug-likeness (QED) is 0.794. The van der Waals surface area contributed by atoms with Crippen molar-refractivity contribution in [3.63, 3.8) is 0 Å². The lowest BCUT2D eigenvalue weighted by Crippen LogP contribution is -2.29. The van der Waals surface area contributed by atoms with Crippen LogP contribution in [0.25, 0.3) is 0 Å². The molecule has 0 saturated carbocycles. The summed E-state index contributed by atoms with van der Waals surface area (Å²) in [7, 11) is 1.46. The number of methoxy groups -OCH3 is 1. The molecule has 114 valence electrons. The molecule has 22 heavy (non-hydrogen) atoms. The Balaban J connectivity index is 2.09. The average molecular weight is 384 g/mol. The minimum atomic E-state index is -0.819. The molecule has 2 N–H and O–H groups in total. The van der Waals surface area contributed by atoms with Gasteiger partial charge in [-0.3, -0.25) is 9.59 Å². The van der Waals surface area contributed by atoms with E-state index in [1.165, 1.54) is 13.2 Å². The average Bonchev–Trinajstić information content (AvgIpc) is 2.47. The summed E-state index contributed by atoms with van der Waals surface area (Å²) >= 11 is 9.16. The minimum absolute atomic E-state index is 0.324. The molecular formula is C15H12BrClN2O3. The summed E-state index contributed by atoms with van der Waals surface area (Å²) in [5, 5.41) is 5.38. The van der Waals surface area contributed by atoms with Crippen LogP contribution in [-0.4, -0.2) is 18.9 Å². The molecule has 0 unspecified atom stereocenters. The van der Waals surface area contributed by atoms with Gasteiger partial charge in [-0.2, -0.15) is 0 Å². The van der Waals surface area contributed by atoms with Crippen molar-refractivity contribution in [1.82, 2.24) is 0 Å². The van der Waals surface area contributed by atoms with Gasteiger partial charge in [0.15, 0.2) is 0 Å². The first-order valence-electron chi connectivity index (χ1n) is 6.21. The SMILES string of the molecule is COc1ccc(Cl)cc1NC(=O)C(=O)Nc1cccc(Br)c1. The van der Waals surface area contributed by atoms with E-state index in [0.29, 0.717) is 22.1 Å². The Bertz CT molecular complexity index is 722. The Morgan fingerprint density at radius 2 is 1.82 bits per heavy atom. The fourth-order valence-electron chi connectivity index (χ4n) is 1.71. The van der Waals surface area contributed by atoms with Gasteiger partial charge >= 0.3 is 11.8 Å². The second-order valence-corrected chi connectivity index (χ2v) is 5.62. The Hall–Kier alpha value is -2.05. The first kappa shape index (κ1) is 16.3. The summed E-state index contributed by atoms with van der Waals surface area (Å²) in [6, 6.07) is 11.7.